The molecule has 112 valence electrons. The summed E-state index contributed by atoms with van der Waals surface area (Å²) in [5, 5.41) is 22.1. The van der Waals surface area contributed by atoms with Gasteiger partial charge in [0.25, 0.3) is 0 Å². The van der Waals surface area contributed by atoms with Crippen molar-refractivity contribution in [2.75, 3.05) is 13.2 Å². The van der Waals surface area contributed by atoms with E-state index in [1.807, 2.05) is 0 Å². The first-order chi connectivity index (χ1) is 8.97. The first-order valence-corrected chi connectivity index (χ1v) is 6.85. The number of hydrogen-bond acceptors (Lipinski definition) is 3. The number of aliphatic carboxylic acids is 1. The Hall–Kier alpha value is -1.30. The van der Waals surface area contributed by atoms with Crippen molar-refractivity contribution >= 4 is 12.0 Å². The Labute approximate surface area is 114 Å². The van der Waals surface area contributed by atoms with Gasteiger partial charge in [-0.1, -0.05) is 39.5 Å². The van der Waals surface area contributed by atoms with Crippen LogP contribution in [0.15, 0.2) is 0 Å². The third-order valence-electron chi connectivity index (χ3n) is 2.78. The number of amides is 2. The van der Waals surface area contributed by atoms with E-state index in [1.54, 1.807) is 0 Å². The van der Waals surface area contributed by atoms with E-state index in [2.05, 4.69) is 24.5 Å². The average Bonchev–Trinajstić information content (AvgIpc) is 2.34. The second-order valence-electron chi connectivity index (χ2n) is 5.07. The molecule has 0 fully saturated rings. The van der Waals surface area contributed by atoms with Crippen molar-refractivity contribution in [1.29, 1.82) is 0 Å². The minimum absolute atomic E-state index is 0.519. The summed E-state index contributed by atoms with van der Waals surface area (Å²) in [5.74, 6) is -0.512. The molecule has 0 aliphatic heterocycles. The highest BCUT2D eigenvalue weighted by Gasteiger charge is 2.17. The van der Waals surface area contributed by atoms with Gasteiger partial charge >= 0.3 is 12.0 Å². The number of aliphatic hydroxyl groups excluding tert-OH is 1. The van der Waals surface area contributed by atoms with E-state index in [0.29, 0.717) is 6.54 Å². The van der Waals surface area contributed by atoms with Crippen molar-refractivity contribution in [3.63, 3.8) is 0 Å². The minimum atomic E-state index is -1.24. The van der Waals surface area contributed by atoms with E-state index in [-0.39, 0.29) is 0 Å². The second-order valence-corrected chi connectivity index (χ2v) is 5.07. The molecule has 6 nitrogen and oxygen atoms in total. The number of rotatable bonds is 10. The topological polar surface area (TPSA) is 98.7 Å². The fraction of sp³-hybridized carbons (Fsp3) is 0.846. The number of unbranched alkanes of at least 4 members (excludes halogenated alkanes) is 3. The summed E-state index contributed by atoms with van der Waals surface area (Å²) in [4.78, 5) is 21.9. The van der Waals surface area contributed by atoms with Gasteiger partial charge in [-0.25, -0.2) is 9.59 Å². The lowest BCUT2D eigenvalue weighted by atomic mass is 10.0. The van der Waals surface area contributed by atoms with Gasteiger partial charge in [0, 0.05) is 6.54 Å². The van der Waals surface area contributed by atoms with E-state index in [0.717, 1.165) is 25.2 Å². The molecular weight excluding hydrogens is 248 g/mol. The monoisotopic (exact) mass is 274 g/mol. The SMILES string of the molecule is CC(C)CCCCCCNC(=O)NC(CO)C(=O)O. The largest absolute Gasteiger partial charge is 0.480 e. The number of hydrogen-bond donors (Lipinski definition) is 4. The highest BCUT2D eigenvalue weighted by atomic mass is 16.4. The van der Waals surface area contributed by atoms with Crippen LogP contribution in [0.3, 0.4) is 0 Å². The van der Waals surface area contributed by atoms with Gasteiger partial charge in [-0.3, -0.25) is 0 Å². The summed E-state index contributed by atoms with van der Waals surface area (Å²) in [6.45, 7) is 4.31. The molecule has 2 amide bonds. The number of carbonyl (C=O) groups excluding carboxylic acids is 1. The summed E-state index contributed by atoms with van der Waals surface area (Å²) < 4.78 is 0. The summed E-state index contributed by atoms with van der Waals surface area (Å²) in [6.07, 6.45) is 5.51. The van der Waals surface area contributed by atoms with Gasteiger partial charge in [0.05, 0.1) is 6.61 Å². The maximum atomic E-state index is 11.3. The van der Waals surface area contributed by atoms with Crippen molar-refractivity contribution in [2.45, 2.75) is 52.0 Å². The van der Waals surface area contributed by atoms with Crippen LogP contribution in [0.5, 0.6) is 0 Å². The Bertz CT molecular complexity index is 269. The number of carboxylic acids is 1. The Morgan fingerprint density at radius 3 is 2.26 bits per heavy atom. The molecule has 0 aromatic rings. The van der Waals surface area contributed by atoms with E-state index < -0.39 is 24.6 Å². The van der Waals surface area contributed by atoms with E-state index >= 15 is 0 Å². The van der Waals surface area contributed by atoms with E-state index in [1.165, 1.54) is 12.8 Å². The zero-order chi connectivity index (χ0) is 14.7. The standard InChI is InChI=1S/C13H26N2O4/c1-10(2)7-5-3-4-6-8-14-13(19)15-11(9-16)12(17)18/h10-11,16H,3-9H2,1-2H3,(H,17,18)(H2,14,15,19). The smallest absolute Gasteiger partial charge is 0.328 e. The predicted molar refractivity (Wildman–Crippen MR) is 73.0 cm³/mol. The summed E-state index contributed by atoms with van der Waals surface area (Å²) >= 11 is 0. The third kappa shape index (κ3) is 10.3. The lowest BCUT2D eigenvalue weighted by Gasteiger charge is -2.12. The number of nitrogens with one attached hydrogen (secondary N) is 2. The molecule has 6 heteroatoms. The number of carbonyl (C=O) groups is 2. The zero-order valence-electron chi connectivity index (χ0n) is 11.8. The molecule has 0 aliphatic rings. The van der Waals surface area contributed by atoms with Crippen LogP contribution in [0.25, 0.3) is 0 Å². The lowest BCUT2D eigenvalue weighted by Crippen LogP contribution is -2.48. The van der Waals surface area contributed by atoms with Crippen LogP contribution in [0, 0.1) is 5.92 Å². The molecule has 0 aliphatic carbocycles. The minimum Gasteiger partial charge on any atom is -0.480 e. The van der Waals surface area contributed by atoms with Gasteiger partial charge < -0.3 is 20.8 Å². The average molecular weight is 274 g/mol. The number of carboxylic acid groups (broad SMARTS) is 1. The lowest BCUT2D eigenvalue weighted by molar-refractivity contribution is -0.140. The molecule has 0 aromatic heterocycles. The van der Waals surface area contributed by atoms with Crippen molar-refractivity contribution in [1.82, 2.24) is 10.6 Å². The van der Waals surface area contributed by atoms with Crippen molar-refractivity contribution in [3.05, 3.63) is 0 Å². The Balaban J connectivity index is 3.51. The van der Waals surface area contributed by atoms with Gasteiger partial charge in [0.15, 0.2) is 6.04 Å². The van der Waals surface area contributed by atoms with Crippen molar-refractivity contribution in [3.8, 4) is 0 Å². The molecule has 0 saturated heterocycles. The van der Waals surface area contributed by atoms with E-state index in [9.17, 15) is 9.59 Å². The Kier molecular flexibility index (Phi) is 9.88. The maximum absolute atomic E-state index is 11.3. The predicted octanol–water partition coefficient (Wildman–Crippen LogP) is 1.34. The molecule has 1 unspecified atom stereocenters. The molecule has 0 radical (unpaired) electrons. The van der Waals surface area contributed by atoms with E-state index in [4.69, 9.17) is 10.2 Å². The normalized spacial score (nSPS) is 12.2. The van der Waals surface area contributed by atoms with Gasteiger partial charge in [-0.2, -0.15) is 0 Å². The molecule has 4 N–H and O–H groups in total. The fourth-order valence-electron chi connectivity index (χ4n) is 1.63. The van der Waals surface area contributed by atoms with Gasteiger partial charge in [0.1, 0.15) is 0 Å². The fourth-order valence-corrected chi connectivity index (χ4v) is 1.63. The summed E-state index contributed by atoms with van der Waals surface area (Å²) in [5.41, 5.74) is 0. The first kappa shape index (κ1) is 17.7. The molecule has 0 heterocycles. The second kappa shape index (κ2) is 10.6. The van der Waals surface area contributed by atoms with Gasteiger partial charge in [0.2, 0.25) is 0 Å². The molecule has 0 saturated carbocycles. The molecule has 19 heavy (non-hydrogen) atoms. The quantitative estimate of drug-likeness (QED) is 0.452. The van der Waals surface area contributed by atoms with Crippen LogP contribution >= 0.6 is 0 Å². The first-order valence-electron chi connectivity index (χ1n) is 6.85. The molecular formula is C13H26N2O4. The Morgan fingerprint density at radius 1 is 1.11 bits per heavy atom. The third-order valence-corrected chi connectivity index (χ3v) is 2.78. The van der Waals surface area contributed by atoms with Crippen molar-refractivity contribution in [2.24, 2.45) is 5.92 Å². The highest BCUT2D eigenvalue weighted by molar-refractivity contribution is 5.82. The molecule has 0 aromatic carbocycles. The van der Waals surface area contributed by atoms with Crippen LogP contribution < -0.4 is 10.6 Å². The summed E-state index contributed by atoms with van der Waals surface area (Å²) in [6, 6.07) is -1.80. The summed E-state index contributed by atoms with van der Waals surface area (Å²) in [7, 11) is 0. The maximum Gasteiger partial charge on any atom is 0.328 e. The highest BCUT2D eigenvalue weighted by Crippen LogP contribution is 2.08. The Morgan fingerprint density at radius 2 is 1.74 bits per heavy atom. The zero-order valence-corrected chi connectivity index (χ0v) is 11.8. The van der Waals surface area contributed by atoms with Crippen LogP contribution in [0.4, 0.5) is 4.79 Å². The van der Waals surface area contributed by atoms with Gasteiger partial charge in [-0.05, 0) is 12.3 Å². The van der Waals surface area contributed by atoms with Gasteiger partial charge in [-0.15, -0.1) is 0 Å². The molecule has 0 spiro atoms. The number of aliphatic hydroxyl groups is 1. The van der Waals surface area contributed by atoms with Crippen LogP contribution in [-0.2, 0) is 4.79 Å². The van der Waals surface area contributed by atoms with Crippen LogP contribution in [-0.4, -0.2) is 41.4 Å². The van der Waals surface area contributed by atoms with Crippen LogP contribution in [0.1, 0.15) is 46.0 Å². The molecule has 1 atom stereocenters. The number of urea groups is 1. The van der Waals surface area contributed by atoms with Crippen LogP contribution in [0.2, 0.25) is 0 Å². The molecule has 0 bridgehead atoms. The molecule has 0 rings (SSSR count). The van der Waals surface area contributed by atoms with Crippen molar-refractivity contribution < 1.29 is 19.8 Å².